The number of carboxylic acids is 1. The van der Waals surface area contributed by atoms with Gasteiger partial charge in [-0.05, 0) is 37.8 Å². The van der Waals surface area contributed by atoms with E-state index in [2.05, 4.69) is 0 Å². The zero-order valence-corrected chi connectivity index (χ0v) is 11.4. The summed E-state index contributed by atoms with van der Waals surface area (Å²) in [4.78, 5) is 23.5. The number of nitro benzene ring substituents is 1. The van der Waals surface area contributed by atoms with Crippen molar-refractivity contribution in [2.24, 2.45) is 0 Å². The second-order valence-corrected chi connectivity index (χ2v) is 5.22. The third-order valence-corrected chi connectivity index (χ3v) is 3.63. The lowest BCUT2D eigenvalue weighted by Gasteiger charge is -2.37. The van der Waals surface area contributed by atoms with Gasteiger partial charge in [-0.15, -0.1) is 0 Å². The number of carboxylic acid groups (broad SMARTS) is 1. The van der Waals surface area contributed by atoms with Gasteiger partial charge in [-0.25, -0.2) is 0 Å². The number of piperidine rings is 1. The SMILES string of the molecule is Cc1cc(N2CCCCC2CC(=O)O)cc([N+](=O)[O-])c1. The van der Waals surface area contributed by atoms with Gasteiger partial charge in [0.1, 0.15) is 0 Å². The molecule has 1 aliphatic rings. The lowest BCUT2D eigenvalue weighted by atomic mass is 9.98. The molecule has 0 bridgehead atoms. The van der Waals surface area contributed by atoms with E-state index in [1.54, 1.807) is 0 Å². The van der Waals surface area contributed by atoms with Crippen LogP contribution in [0.3, 0.4) is 0 Å². The van der Waals surface area contributed by atoms with Crippen molar-refractivity contribution in [3.63, 3.8) is 0 Å². The molecule has 2 rings (SSSR count). The van der Waals surface area contributed by atoms with Crippen LogP contribution >= 0.6 is 0 Å². The molecular weight excluding hydrogens is 260 g/mol. The summed E-state index contributed by atoms with van der Waals surface area (Å²) in [6, 6.07) is 4.86. The molecule has 1 N–H and O–H groups in total. The van der Waals surface area contributed by atoms with Crippen LogP contribution in [0, 0.1) is 17.0 Å². The number of hydrogen-bond acceptors (Lipinski definition) is 4. The van der Waals surface area contributed by atoms with Crippen molar-refractivity contribution in [2.45, 2.75) is 38.6 Å². The van der Waals surface area contributed by atoms with Crippen molar-refractivity contribution in [1.82, 2.24) is 0 Å². The van der Waals surface area contributed by atoms with Gasteiger partial charge in [0.05, 0.1) is 11.3 Å². The number of anilines is 1. The average molecular weight is 278 g/mol. The van der Waals surface area contributed by atoms with E-state index in [4.69, 9.17) is 5.11 Å². The van der Waals surface area contributed by atoms with Gasteiger partial charge >= 0.3 is 5.97 Å². The molecule has 1 saturated heterocycles. The van der Waals surface area contributed by atoms with Gasteiger partial charge < -0.3 is 10.0 Å². The Balaban J connectivity index is 2.31. The Morgan fingerprint density at radius 3 is 2.85 bits per heavy atom. The highest BCUT2D eigenvalue weighted by molar-refractivity contribution is 5.69. The Morgan fingerprint density at radius 2 is 2.20 bits per heavy atom. The Morgan fingerprint density at radius 1 is 1.45 bits per heavy atom. The van der Waals surface area contributed by atoms with Crippen LogP contribution in [-0.2, 0) is 4.79 Å². The summed E-state index contributed by atoms with van der Waals surface area (Å²) in [6.07, 6.45) is 2.87. The maximum atomic E-state index is 11.0. The third kappa shape index (κ3) is 3.26. The van der Waals surface area contributed by atoms with Crippen LogP contribution in [0.2, 0.25) is 0 Å². The molecule has 6 nitrogen and oxygen atoms in total. The quantitative estimate of drug-likeness (QED) is 0.676. The van der Waals surface area contributed by atoms with Crippen LogP contribution in [0.1, 0.15) is 31.2 Å². The first kappa shape index (κ1) is 14.3. The van der Waals surface area contributed by atoms with E-state index in [0.717, 1.165) is 37.1 Å². The molecule has 0 aliphatic carbocycles. The summed E-state index contributed by atoms with van der Waals surface area (Å²) in [5.41, 5.74) is 1.62. The van der Waals surface area contributed by atoms with E-state index in [-0.39, 0.29) is 18.2 Å². The lowest BCUT2D eigenvalue weighted by Crippen LogP contribution is -2.41. The largest absolute Gasteiger partial charge is 0.481 e. The first-order chi connectivity index (χ1) is 9.47. The Hall–Kier alpha value is -2.11. The molecule has 0 radical (unpaired) electrons. The molecule has 1 aliphatic heterocycles. The summed E-state index contributed by atoms with van der Waals surface area (Å²) >= 11 is 0. The average Bonchev–Trinajstić information content (AvgIpc) is 2.37. The van der Waals surface area contributed by atoms with Crippen LogP contribution in [0.25, 0.3) is 0 Å². The van der Waals surface area contributed by atoms with E-state index in [1.165, 1.54) is 12.1 Å². The summed E-state index contributed by atoms with van der Waals surface area (Å²) < 4.78 is 0. The summed E-state index contributed by atoms with van der Waals surface area (Å²) in [7, 11) is 0. The van der Waals surface area contributed by atoms with Gasteiger partial charge in [-0.3, -0.25) is 14.9 Å². The molecule has 1 heterocycles. The van der Waals surface area contributed by atoms with E-state index >= 15 is 0 Å². The Kier molecular flexibility index (Phi) is 4.22. The molecule has 1 unspecified atom stereocenters. The molecule has 1 aromatic rings. The van der Waals surface area contributed by atoms with Gasteiger partial charge in [0.25, 0.3) is 5.69 Å². The fraction of sp³-hybridized carbons (Fsp3) is 0.500. The molecule has 0 amide bonds. The maximum absolute atomic E-state index is 11.0. The van der Waals surface area contributed by atoms with Gasteiger partial charge in [0.2, 0.25) is 0 Å². The molecule has 0 spiro atoms. The highest BCUT2D eigenvalue weighted by Gasteiger charge is 2.26. The van der Waals surface area contributed by atoms with Crippen molar-refractivity contribution in [3.8, 4) is 0 Å². The van der Waals surface area contributed by atoms with Crippen molar-refractivity contribution in [2.75, 3.05) is 11.4 Å². The highest BCUT2D eigenvalue weighted by atomic mass is 16.6. The maximum Gasteiger partial charge on any atom is 0.305 e. The number of nitrogens with zero attached hydrogens (tertiary/aromatic N) is 2. The zero-order valence-electron chi connectivity index (χ0n) is 11.4. The fourth-order valence-corrected chi connectivity index (χ4v) is 2.77. The Labute approximate surface area is 117 Å². The number of benzene rings is 1. The first-order valence-corrected chi connectivity index (χ1v) is 6.72. The molecule has 20 heavy (non-hydrogen) atoms. The molecule has 1 atom stereocenters. The number of aliphatic carboxylic acids is 1. The third-order valence-electron chi connectivity index (χ3n) is 3.63. The molecule has 0 saturated carbocycles. The van der Waals surface area contributed by atoms with Crippen molar-refractivity contribution < 1.29 is 14.8 Å². The van der Waals surface area contributed by atoms with Crippen LogP contribution < -0.4 is 4.90 Å². The van der Waals surface area contributed by atoms with E-state index in [1.807, 2.05) is 17.9 Å². The van der Waals surface area contributed by atoms with Gasteiger partial charge in [-0.1, -0.05) is 0 Å². The number of rotatable bonds is 4. The van der Waals surface area contributed by atoms with Crippen molar-refractivity contribution >= 4 is 17.3 Å². The first-order valence-electron chi connectivity index (χ1n) is 6.72. The lowest BCUT2D eigenvalue weighted by molar-refractivity contribution is -0.384. The number of hydrogen-bond donors (Lipinski definition) is 1. The van der Waals surface area contributed by atoms with Crippen LogP contribution in [0.5, 0.6) is 0 Å². The predicted molar refractivity (Wildman–Crippen MR) is 75.1 cm³/mol. The van der Waals surface area contributed by atoms with Crippen LogP contribution in [0.15, 0.2) is 18.2 Å². The smallest absolute Gasteiger partial charge is 0.305 e. The van der Waals surface area contributed by atoms with Crippen molar-refractivity contribution in [3.05, 3.63) is 33.9 Å². The summed E-state index contributed by atoms with van der Waals surface area (Å²) in [6.45, 7) is 2.56. The van der Waals surface area contributed by atoms with Crippen molar-refractivity contribution in [1.29, 1.82) is 0 Å². The number of nitro groups is 1. The zero-order chi connectivity index (χ0) is 14.7. The fourth-order valence-electron chi connectivity index (χ4n) is 2.77. The number of aryl methyl sites for hydroxylation is 1. The predicted octanol–water partition coefficient (Wildman–Crippen LogP) is 2.74. The molecule has 1 aromatic carbocycles. The molecule has 108 valence electrons. The standard InChI is InChI=1S/C14H18N2O4/c1-10-6-12(8-13(7-10)16(19)20)15-5-3-2-4-11(15)9-14(17)18/h6-8,11H,2-5,9H2,1H3,(H,17,18). The normalized spacial score (nSPS) is 18.9. The molecular formula is C14H18N2O4. The molecule has 1 fully saturated rings. The summed E-state index contributed by atoms with van der Waals surface area (Å²) in [5, 5.41) is 19.9. The van der Waals surface area contributed by atoms with Crippen LogP contribution in [-0.4, -0.2) is 28.6 Å². The van der Waals surface area contributed by atoms with E-state index in [0.29, 0.717) is 0 Å². The Bertz CT molecular complexity index is 530. The summed E-state index contributed by atoms with van der Waals surface area (Å²) in [5.74, 6) is -0.830. The number of carbonyl (C=O) groups is 1. The highest BCUT2D eigenvalue weighted by Crippen LogP contribution is 2.30. The second kappa shape index (κ2) is 5.90. The van der Waals surface area contributed by atoms with Gasteiger partial charge in [-0.2, -0.15) is 0 Å². The minimum absolute atomic E-state index is 0.0552. The topological polar surface area (TPSA) is 83.7 Å². The molecule has 6 heteroatoms. The minimum atomic E-state index is -0.830. The van der Waals surface area contributed by atoms with Gasteiger partial charge in [0, 0.05) is 30.4 Å². The van der Waals surface area contributed by atoms with E-state index in [9.17, 15) is 14.9 Å². The minimum Gasteiger partial charge on any atom is -0.481 e. The molecule has 0 aromatic heterocycles. The second-order valence-electron chi connectivity index (χ2n) is 5.22. The van der Waals surface area contributed by atoms with Gasteiger partial charge in [0.15, 0.2) is 0 Å². The number of non-ortho nitro benzene ring substituents is 1. The van der Waals surface area contributed by atoms with E-state index < -0.39 is 10.9 Å². The monoisotopic (exact) mass is 278 g/mol. The van der Waals surface area contributed by atoms with Crippen LogP contribution in [0.4, 0.5) is 11.4 Å².